The molecule has 1 saturated heterocycles. The fraction of sp³-hybridized carbons (Fsp3) is 0.300. The van der Waals surface area contributed by atoms with Crippen LogP contribution in [-0.2, 0) is 21.2 Å². The van der Waals surface area contributed by atoms with Crippen molar-refractivity contribution in [3.63, 3.8) is 0 Å². The number of carbonyl (C=O) groups is 1. The Balaban J connectivity index is 1.56. The van der Waals surface area contributed by atoms with Crippen LogP contribution in [0, 0.1) is 17.1 Å². The van der Waals surface area contributed by atoms with Gasteiger partial charge in [-0.15, -0.1) is 0 Å². The minimum Gasteiger partial charge on any atom is -0.340 e. The molecule has 1 fully saturated rings. The molecular formula is C20H19BrFN3O3S. The van der Waals surface area contributed by atoms with Gasteiger partial charge in [0.15, 0.2) is 0 Å². The van der Waals surface area contributed by atoms with E-state index >= 15 is 0 Å². The summed E-state index contributed by atoms with van der Waals surface area (Å²) in [5, 5.41) is 8.83. The van der Waals surface area contributed by atoms with Crippen LogP contribution in [0.15, 0.2) is 51.8 Å². The van der Waals surface area contributed by atoms with Gasteiger partial charge in [-0.2, -0.15) is 9.57 Å². The quantitative estimate of drug-likeness (QED) is 0.659. The van der Waals surface area contributed by atoms with Gasteiger partial charge >= 0.3 is 0 Å². The van der Waals surface area contributed by atoms with Crippen molar-refractivity contribution in [2.45, 2.75) is 17.7 Å². The Morgan fingerprint density at radius 2 is 1.76 bits per heavy atom. The number of sulfonamides is 1. The topological polar surface area (TPSA) is 81.5 Å². The number of amides is 1. The summed E-state index contributed by atoms with van der Waals surface area (Å²) >= 11 is 3.20. The van der Waals surface area contributed by atoms with Crippen LogP contribution in [0.25, 0.3) is 0 Å². The summed E-state index contributed by atoms with van der Waals surface area (Å²) in [6, 6.07) is 12.5. The fourth-order valence-corrected chi connectivity index (χ4v) is 4.91. The molecule has 2 aromatic rings. The van der Waals surface area contributed by atoms with Crippen LogP contribution in [0.2, 0.25) is 0 Å². The molecule has 9 heteroatoms. The van der Waals surface area contributed by atoms with Gasteiger partial charge in [-0.3, -0.25) is 4.79 Å². The van der Waals surface area contributed by atoms with Crippen LogP contribution in [0.4, 0.5) is 4.39 Å². The average Bonchev–Trinajstić information content (AvgIpc) is 2.73. The lowest BCUT2D eigenvalue weighted by Gasteiger charge is -2.34. The smallest absolute Gasteiger partial charge is 0.243 e. The molecule has 0 saturated carbocycles. The minimum absolute atomic E-state index is 0.122. The Morgan fingerprint density at radius 3 is 2.34 bits per heavy atom. The Morgan fingerprint density at radius 1 is 1.10 bits per heavy atom. The first-order valence-electron chi connectivity index (χ1n) is 9.03. The molecule has 0 N–H and O–H groups in total. The number of carbonyl (C=O) groups excluding carboxylic acids is 1. The molecule has 29 heavy (non-hydrogen) atoms. The van der Waals surface area contributed by atoms with E-state index in [1.807, 2.05) is 6.07 Å². The number of benzene rings is 2. The van der Waals surface area contributed by atoms with E-state index in [2.05, 4.69) is 15.9 Å². The number of rotatable bonds is 5. The van der Waals surface area contributed by atoms with Crippen molar-refractivity contribution in [3.05, 3.63) is 63.9 Å². The first-order chi connectivity index (χ1) is 13.8. The monoisotopic (exact) mass is 479 g/mol. The van der Waals surface area contributed by atoms with Crippen molar-refractivity contribution >= 4 is 31.9 Å². The summed E-state index contributed by atoms with van der Waals surface area (Å²) < 4.78 is 41.3. The summed E-state index contributed by atoms with van der Waals surface area (Å²) in [6.07, 6.45) is 0.461. The molecule has 3 rings (SSSR count). The molecule has 0 spiro atoms. The highest BCUT2D eigenvalue weighted by Crippen LogP contribution is 2.20. The van der Waals surface area contributed by atoms with Crippen LogP contribution in [0.3, 0.4) is 0 Å². The molecule has 0 unspecified atom stereocenters. The Labute approximate surface area is 177 Å². The van der Waals surface area contributed by atoms with E-state index in [1.165, 1.54) is 34.6 Å². The standard InChI is InChI=1S/C20H19BrFN3O3S/c21-17-5-3-16(19(22)13-17)4-8-20(26)24-9-11-25(12-10-24)29(27,28)18-6-1-15(14-23)2-7-18/h1-3,5-7,13H,4,8-12H2. The maximum absolute atomic E-state index is 13.9. The lowest BCUT2D eigenvalue weighted by molar-refractivity contribution is -0.132. The van der Waals surface area contributed by atoms with Crippen LogP contribution in [0.1, 0.15) is 17.5 Å². The van der Waals surface area contributed by atoms with Gasteiger partial charge in [0.05, 0.1) is 16.5 Å². The molecule has 1 amide bonds. The molecule has 0 atom stereocenters. The zero-order chi connectivity index (χ0) is 21.0. The van der Waals surface area contributed by atoms with Gasteiger partial charge in [-0.1, -0.05) is 22.0 Å². The molecule has 0 aromatic heterocycles. The highest BCUT2D eigenvalue weighted by molar-refractivity contribution is 9.10. The van der Waals surface area contributed by atoms with Crippen LogP contribution >= 0.6 is 15.9 Å². The summed E-state index contributed by atoms with van der Waals surface area (Å²) in [4.78, 5) is 14.2. The van der Waals surface area contributed by atoms with Crippen molar-refractivity contribution in [3.8, 4) is 6.07 Å². The number of piperazine rings is 1. The molecule has 1 aliphatic heterocycles. The van der Waals surface area contributed by atoms with Crippen molar-refractivity contribution in [2.24, 2.45) is 0 Å². The molecule has 6 nitrogen and oxygen atoms in total. The highest BCUT2D eigenvalue weighted by atomic mass is 79.9. The third-order valence-electron chi connectivity index (χ3n) is 4.84. The van der Waals surface area contributed by atoms with Crippen LogP contribution in [0.5, 0.6) is 0 Å². The second-order valence-corrected chi connectivity index (χ2v) is 9.51. The van der Waals surface area contributed by atoms with Gasteiger partial charge in [0.1, 0.15) is 5.82 Å². The minimum atomic E-state index is -3.67. The lowest BCUT2D eigenvalue weighted by atomic mass is 10.1. The van der Waals surface area contributed by atoms with E-state index in [-0.39, 0.29) is 49.2 Å². The van der Waals surface area contributed by atoms with Crippen LogP contribution < -0.4 is 0 Å². The lowest BCUT2D eigenvalue weighted by Crippen LogP contribution is -2.50. The third kappa shape index (κ3) is 5.01. The predicted octanol–water partition coefficient (Wildman–Crippen LogP) is 2.93. The fourth-order valence-electron chi connectivity index (χ4n) is 3.15. The van der Waals surface area contributed by atoms with Gasteiger partial charge in [-0.05, 0) is 48.4 Å². The number of hydrogen-bond donors (Lipinski definition) is 0. The molecular weight excluding hydrogens is 461 g/mol. The van der Waals surface area contributed by atoms with Crippen LogP contribution in [-0.4, -0.2) is 49.7 Å². The molecule has 1 aliphatic rings. The van der Waals surface area contributed by atoms with E-state index in [0.717, 1.165) is 0 Å². The van der Waals surface area contributed by atoms with Gasteiger partial charge in [0.25, 0.3) is 0 Å². The average molecular weight is 480 g/mol. The summed E-state index contributed by atoms with van der Waals surface area (Å²) in [7, 11) is -3.67. The largest absolute Gasteiger partial charge is 0.340 e. The van der Waals surface area contributed by atoms with Crippen molar-refractivity contribution in [2.75, 3.05) is 26.2 Å². The van der Waals surface area contributed by atoms with Gasteiger partial charge in [0, 0.05) is 37.1 Å². The molecule has 152 valence electrons. The zero-order valence-electron chi connectivity index (χ0n) is 15.5. The molecule has 1 heterocycles. The van der Waals surface area contributed by atoms with Gasteiger partial charge in [-0.25, -0.2) is 12.8 Å². The molecule has 0 aliphatic carbocycles. The van der Waals surface area contributed by atoms with Crippen molar-refractivity contribution in [1.82, 2.24) is 9.21 Å². The SMILES string of the molecule is N#Cc1ccc(S(=O)(=O)N2CCN(C(=O)CCc3ccc(Br)cc3F)CC2)cc1. The maximum atomic E-state index is 13.9. The van der Waals surface area contributed by atoms with E-state index in [0.29, 0.717) is 22.0 Å². The number of nitrogens with zero attached hydrogens (tertiary/aromatic N) is 3. The normalized spacial score (nSPS) is 15.1. The predicted molar refractivity (Wildman–Crippen MR) is 109 cm³/mol. The maximum Gasteiger partial charge on any atom is 0.243 e. The van der Waals surface area contributed by atoms with E-state index in [9.17, 15) is 17.6 Å². The van der Waals surface area contributed by atoms with E-state index in [4.69, 9.17) is 5.26 Å². The highest BCUT2D eigenvalue weighted by Gasteiger charge is 2.30. The number of nitriles is 1. The Kier molecular flexibility index (Phi) is 6.67. The Bertz CT molecular complexity index is 1040. The summed E-state index contributed by atoms with van der Waals surface area (Å²) in [6.45, 7) is 0.968. The summed E-state index contributed by atoms with van der Waals surface area (Å²) in [5.74, 6) is -0.478. The third-order valence-corrected chi connectivity index (χ3v) is 7.24. The first kappa shape index (κ1) is 21.4. The molecule has 0 bridgehead atoms. The number of aryl methyl sites for hydroxylation is 1. The molecule has 2 aromatic carbocycles. The second kappa shape index (κ2) is 9.03. The summed E-state index contributed by atoms with van der Waals surface area (Å²) in [5.41, 5.74) is 0.866. The number of hydrogen-bond acceptors (Lipinski definition) is 4. The van der Waals surface area contributed by atoms with Gasteiger partial charge in [0.2, 0.25) is 15.9 Å². The molecule has 0 radical (unpaired) electrons. The van der Waals surface area contributed by atoms with E-state index in [1.54, 1.807) is 17.0 Å². The Hall–Kier alpha value is -2.28. The zero-order valence-corrected chi connectivity index (χ0v) is 17.9. The van der Waals surface area contributed by atoms with Gasteiger partial charge < -0.3 is 4.90 Å². The van der Waals surface area contributed by atoms with Crippen molar-refractivity contribution < 1.29 is 17.6 Å². The van der Waals surface area contributed by atoms with E-state index < -0.39 is 10.0 Å². The number of halogens is 2. The second-order valence-electron chi connectivity index (χ2n) is 6.66. The van der Waals surface area contributed by atoms with Crippen molar-refractivity contribution in [1.29, 1.82) is 5.26 Å². The first-order valence-corrected chi connectivity index (χ1v) is 11.3.